The quantitative estimate of drug-likeness (QED) is 0.622. The number of aliphatic imine (C=N–C) groups is 1. The molecule has 1 aliphatic heterocycles. The fraction of sp³-hybridized carbons (Fsp3) is 0.500. The lowest BCUT2D eigenvalue weighted by Crippen LogP contribution is -2.37. The van der Waals surface area contributed by atoms with Gasteiger partial charge < -0.3 is 15.5 Å². The Morgan fingerprint density at radius 2 is 2.17 bits per heavy atom. The average molecular weight is 350 g/mol. The molecule has 0 spiro atoms. The topological polar surface area (TPSA) is 52.6 Å². The van der Waals surface area contributed by atoms with Crippen molar-refractivity contribution in [2.45, 2.75) is 25.8 Å². The van der Waals surface area contributed by atoms with Crippen LogP contribution in [0.4, 0.5) is 5.13 Å². The second-order valence-electron chi connectivity index (χ2n) is 5.55. The van der Waals surface area contributed by atoms with E-state index in [9.17, 15) is 0 Å². The summed E-state index contributed by atoms with van der Waals surface area (Å²) in [6.45, 7) is 3.96. The summed E-state index contributed by atoms with van der Waals surface area (Å²) in [5.41, 5.74) is 2.45. The van der Waals surface area contributed by atoms with Crippen molar-refractivity contribution in [1.29, 1.82) is 0 Å². The van der Waals surface area contributed by atoms with Crippen molar-refractivity contribution in [1.82, 2.24) is 15.6 Å². The third kappa shape index (κ3) is 4.68. The van der Waals surface area contributed by atoms with Crippen LogP contribution in [0.15, 0.2) is 27.2 Å². The largest absolute Gasteiger partial charge is 0.356 e. The molecule has 23 heavy (non-hydrogen) atoms. The molecule has 3 heterocycles. The maximum atomic E-state index is 4.75. The zero-order valence-electron chi connectivity index (χ0n) is 13.4. The number of anilines is 1. The van der Waals surface area contributed by atoms with Gasteiger partial charge in [-0.05, 0) is 35.2 Å². The second-order valence-corrected chi connectivity index (χ2v) is 7.17. The molecule has 0 saturated carbocycles. The highest BCUT2D eigenvalue weighted by Crippen LogP contribution is 2.24. The van der Waals surface area contributed by atoms with Gasteiger partial charge in [0.25, 0.3) is 0 Å². The lowest BCUT2D eigenvalue weighted by Gasteiger charge is -2.12. The molecular formula is C16H23N5S2. The predicted molar refractivity (Wildman–Crippen MR) is 99.8 cm³/mol. The number of nitrogens with one attached hydrogen (secondary N) is 2. The van der Waals surface area contributed by atoms with E-state index in [1.807, 2.05) is 0 Å². The van der Waals surface area contributed by atoms with Crippen LogP contribution in [0, 0.1) is 0 Å². The third-order valence-corrected chi connectivity index (χ3v) is 5.54. The Morgan fingerprint density at radius 3 is 2.91 bits per heavy atom. The molecule has 0 amide bonds. The fourth-order valence-electron chi connectivity index (χ4n) is 2.57. The molecule has 3 rings (SSSR count). The van der Waals surface area contributed by atoms with Gasteiger partial charge in [-0.25, -0.2) is 4.98 Å². The van der Waals surface area contributed by atoms with Gasteiger partial charge in [0.2, 0.25) is 0 Å². The van der Waals surface area contributed by atoms with Gasteiger partial charge in [0, 0.05) is 45.0 Å². The zero-order chi connectivity index (χ0) is 15.9. The van der Waals surface area contributed by atoms with Gasteiger partial charge in [-0.2, -0.15) is 11.3 Å². The van der Waals surface area contributed by atoms with Gasteiger partial charge in [-0.3, -0.25) is 4.99 Å². The van der Waals surface area contributed by atoms with E-state index in [0.717, 1.165) is 44.3 Å². The summed E-state index contributed by atoms with van der Waals surface area (Å²) < 4.78 is 0. The third-order valence-electron chi connectivity index (χ3n) is 3.85. The Morgan fingerprint density at radius 1 is 1.30 bits per heavy atom. The number of rotatable bonds is 6. The van der Waals surface area contributed by atoms with E-state index in [4.69, 9.17) is 4.98 Å². The Bertz CT molecular complexity index is 614. The number of nitrogens with zero attached hydrogens (tertiary/aromatic N) is 3. The van der Waals surface area contributed by atoms with Crippen molar-refractivity contribution >= 4 is 33.8 Å². The standard InChI is InChI=1S/C16H23N5S2/c1-17-15(19-10-13-5-9-22-11-13)18-6-4-14-12-23-16(20-14)21-7-2-3-8-21/h5,9,11-12H,2-4,6-8,10H2,1H3,(H2,17,18,19). The molecule has 2 aromatic heterocycles. The summed E-state index contributed by atoms with van der Waals surface area (Å²) in [4.78, 5) is 11.4. The summed E-state index contributed by atoms with van der Waals surface area (Å²) in [5.74, 6) is 0.839. The first-order chi connectivity index (χ1) is 11.3. The maximum Gasteiger partial charge on any atom is 0.191 e. The molecule has 0 unspecified atom stereocenters. The van der Waals surface area contributed by atoms with Crippen LogP contribution in [0.5, 0.6) is 0 Å². The smallest absolute Gasteiger partial charge is 0.191 e. The molecule has 0 atom stereocenters. The monoisotopic (exact) mass is 349 g/mol. The maximum absolute atomic E-state index is 4.75. The Kier molecular flexibility index (Phi) is 5.87. The van der Waals surface area contributed by atoms with Gasteiger partial charge in [-0.1, -0.05) is 0 Å². The molecule has 0 aromatic carbocycles. The van der Waals surface area contributed by atoms with Crippen LogP contribution < -0.4 is 15.5 Å². The minimum atomic E-state index is 0.805. The van der Waals surface area contributed by atoms with Crippen molar-refractivity contribution in [3.63, 3.8) is 0 Å². The lowest BCUT2D eigenvalue weighted by molar-refractivity contribution is 0.786. The number of aromatic nitrogens is 1. The molecule has 2 aromatic rings. The highest BCUT2D eigenvalue weighted by molar-refractivity contribution is 7.13. The van der Waals surface area contributed by atoms with Crippen molar-refractivity contribution in [3.8, 4) is 0 Å². The van der Waals surface area contributed by atoms with E-state index >= 15 is 0 Å². The summed E-state index contributed by atoms with van der Waals surface area (Å²) in [6.07, 6.45) is 3.51. The lowest BCUT2D eigenvalue weighted by atomic mass is 10.3. The SMILES string of the molecule is CN=C(NCCc1csc(N2CCCC2)n1)NCc1ccsc1. The highest BCUT2D eigenvalue weighted by Gasteiger charge is 2.15. The van der Waals surface area contributed by atoms with E-state index < -0.39 is 0 Å². The normalized spacial score (nSPS) is 15.2. The van der Waals surface area contributed by atoms with Crippen molar-refractivity contribution in [3.05, 3.63) is 33.5 Å². The average Bonchev–Trinajstić information content (AvgIpc) is 3.32. The van der Waals surface area contributed by atoms with Gasteiger partial charge in [0.05, 0.1) is 5.69 Å². The number of guanidine groups is 1. The molecule has 124 valence electrons. The molecule has 0 aliphatic carbocycles. The molecule has 1 fully saturated rings. The number of hydrogen-bond acceptors (Lipinski definition) is 5. The predicted octanol–water partition coefficient (Wildman–Crippen LogP) is 2.71. The molecule has 7 heteroatoms. The van der Waals surface area contributed by atoms with Crippen molar-refractivity contribution < 1.29 is 0 Å². The molecule has 1 aliphatic rings. The van der Waals surface area contributed by atoms with E-state index in [2.05, 4.69) is 42.7 Å². The van der Waals surface area contributed by atoms with Crippen LogP contribution in [0.25, 0.3) is 0 Å². The molecule has 5 nitrogen and oxygen atoms in total. The Balaban J connectivity index is 1.41. The summed E-state index contributed by atoms with van der Waals surface area (Å²) in [5, 5.41) is 14.3. The summed E-state index contributed by atoms with van der Waals surface area (Å²) in [6, 6.07) is 2.13. The van der Waals surface area contributed by atoms with Gasteiger partial charge in [-0.15, -0.1) is 11.3 Å². The van der Waals surface area contributed by atoms with Gasteiger partial charge in [0.1, 0.15) is 0 Å². The number of thiophene rings is 1. The van der Waals surface area contributed by atoms with Crippen LogP contribution in [0.1, 0.15) is 24.1 Å². The van der Waals surface area contributed by atoms with E-state index in [1.165, 1.54) is 23.5 Å². The summed E-state index contributed by atoms with van der Waals surface area (Å²) >= 11 is 3.48. The van der Waals surface area contributed by atoms with Crippen LogP contribution >= 0.6 is 22.7 Å². The van der Waals surface area contributed by atoms with Gasteiger partial charge >= 0.3 is 0 Å². The molecular weight excluding hydrogens is 326 g/mol. The first-order valence-corrected chi connectivity index (χ1v) is 9.82. The van der Waals surface area contributed by atoms with E-state index in [0.29, 0.717) is 0 Å². The molecule has 2 N–H and O–H groups in total. The second kappa shape index (κ2) is 8.31. The Labute approximate surface area is 145 Å². The van der Waals surface area contributed by atoms with Crippen LogP contribution in [-0.4, -0.2) is 37.6 Å². The van der Waals surface area contributed by atoms with E-state index in [1.54, 1.807) is 29.7 Å². The zero-order valence-corrected chi connectivity index (χ0v) is 15.1. The Hall–Kier alpha value is -1.60. The minimum absolute atomic E-state index is 0.805. The summed E-state index contributed by atoms with van der Waals surface area (Å²) in [7, 11) is 1.80. The van der Waals surface area contributed by atoms with E-state index in [-0.39, 0.29) is 0 Å². The first kappa shape index (κ1) is 16.3. The van der Waals surface area contributed by atoms with Crippen LogP contribution in [0.2, 0.25) is 0 Å². The fourth-order valence-corrected chi connectivity index (χ4v) is 4.16. The molecule has 0 bridgehead atoms. The van der Waals surface area contributed by atoms with Crippen molar-refractivity contribution in [2.24, 2.45) is 4.99 Å². The van der Waals surface area contributed by atoms with Crippen molar-refractivity contribution in [2.75, 3.05) is 31.6 Å². The number of hydrogen-bond donors (Lipinski definition) is 2. The molecule has 1 saturated heterocycles. The van der Waals surface area contributed by atoms with Crippen LogP contribution in [-0.2, 0) is 13.0 Å². The first-order valence-electron chi connectivity index (χ1n) is 8.00. The highest BCUT2D eigenvalue weighted by atomic mass is 32.1. The minimum Gasteiger partial charge on any atom is -0.356 e. The van der Waals surface area contributed by atoms with Crippen LogP contribution in [0.3, 0.4) is 0 Å². The molecule has 0 radical (unpaired) electrons. The van der Waals surface area contributed by atoms with Gasteiger partial charge in [0.15, 0.2) is 11.1 Å². The number of thiazole rings is 1.